The number of carbonyl (C=O) groups is 2. The van der Waals surface area contributed by atoms with Gasteiger partial charge in [-0.3, -0.25) is 4.79 Å². The highest BCUT2D eigenvalue weighted by Gasteiger charge is 2.39. The molecule has 2 unspecified atom stereocenters. The maximum atomic E-state index is 12.5. The Hall–Kier alpha value is -2.82. The van der Waals surface area contributed by atoms with Crippen molar-refractivity contribution in [2.24, 2.45) is 0 Å². The van der Waals surface area contributed by atoms with Gasteiger partial charge in [-0.1, -0.05) is 30.3 Å². The van der Waals surface area contributed by atoms with Crippen molar-refractivity contribution < 1.29 is 19.4 Å². The topological polar surface area (TPSA) is 75.6 Å². The van der Waals surface area contributed by atoms with Gasteiger partial charge in [0.25, 0.3) is 5.91 Å². The van der Waals surface area contributed by atoms with Gasteiger partial charge in [-0.2, -0.15) is 0 Å². The number of carboxylic acids is 1. The van der Waals surface area contributed by atoms with Crippen LogP contribution in [0.3, 0.4) is 0 Å². The zero-order valence-electron chi connectivity index (χ0n) is 14.3. The van der Waals surface area contributed by atoms with E-state index in [4.69, 9.17) is 9.84 Å². The number of rotatable bonds is 6. The van der Waals surface area contributed by atoms with Crippen LogP contribution in [-0.4, -0.2) is 29.6 Å². The molecular weight excluding hydrogens is 318 g/mol. The standard InChI is InChI=1S/C20H21NO4/c1-12-8-15(9-13(2)19(12)25-11-18(22)23)20(24)21-17-10-16(17)14-6-4-3-5-7-14/h3-9,16-17H,10-11H2,1-2H3,(H,21,24)(H,22,23). The number of amides is 1. The molecule has 2 aromatic rings. The fourth-order valence-corrected chi connectivity index (χ4v) is 3.12. The summed E-state index contributed by atoms with van der Waals surface area (Å²) in [7, 11) is 0. The Labute approximate surface area is 146 Å². The molecule has 1 saturated carbocycles. The van der Waals surface area contributed by atoms with E-state index in [2.05, 4.69) is 17.4 Å². The van der Waals surface area contributed by atoms with Gasteiger partial charge in [-0.25, -0.2) is 4.79 Å². The molecule has 5 nitrogen and oxygen atoms in total. The quantitative estimate of drug-likeness (QED) is 0.848. The summed E-state index contributed by atoms with van der Waals surface area (Å²) in [5, 5.41) is 11.8. The molecule has 2 atom stereocenters. The van der Waals surface area contributed by atoms with Crippen LogP contribution in [0.25, 0.3) is 0 Å². The van der Waals surface area contributed by atoms with Gasteiger partial charge >= 0.3 is 5.97 Å². The molecule has 1 amide bonds. The third kappa shape index (κ3) is 3.99. The molecule has 0 heterocycles. The fraction of sp³-hybridized carbons (Fsp3) is 0.300. The second kappa shape index (κ2) is 6.97. The first-order chi connectivity index (χ1) is 12.0. The largest absolute Gasteiger partial charge is 0.481 e. The normalized spacial score (nSPS) is 18.5. The molecule has 0 aliphatic heterocycles. The van der Waals surface area contributed by atoms with Gasteiger partial charge in [0.05, 0.1) is 0 Å². The molecule has 0 aromatic heterocycles. The average Bonchev–Trinajstić information content (AvgIpc) is 3.33. The third-order valence-electron chi connectivity index (χ3n) is 4.40. The second-order valence-corrected chi connectivity index (χ2v) is 6.45. The minimum absolute atomic E-state index is 0.112. The third-order valence-corrected chi connectivity index (χ3v) is 4.40. The number of hydrogen-bond donors (Lipinski definition) is 2. The first-order valence-electron chi connectivity index (χ1n) is 8.27. The van der Waals surface area contributed by atoms with Crippen LogP contribution in [0.15, 0.2) is 42.5 Å². The predicted molar refractivity (Wildman–Crippen MR) is 94.1 cm³/mol. The van der Waals surface area contributed by atoms with Crippen molar-refractivity contribution >= 4 is 11.9 Å². The second-order valence-electron chi connectivity index (χ2n) is 6.45. The van der Waals surface area contributed by atoms with Crippen molar-refractivity contribution in [3.05, 3.63) is 64.7 Å². The van der Waals surface area contributed by atoms with Gasteiger partial charge < -0.3 is 15.2 Å². The summed E-state index contributed by atoms with van der Waals surface area (Å²) in [5.41, 5.74) is 3.32. The van der Waals surface area contributed by atoms with E-state index in [-0.39, 0.29) is 11.9 Å². The lowest BCUT2D eigenvalue weighted by atomic mass is 10.0. The van der Waals surface area contributed by atoms with Crippen molar-refractivity contribution in [3.63, 3.8) is 0 Å². The minimum atomic E-state index is -1.03. The van der Waals surface area contributed by atoms with Crippen LogP contribution in [0.1, 0.15) is 39.4 Å². The summed E-state index contributed by atoms with van der Waals surface area (Å²) in [6, 6.07) is 13.8. The summed E-state index contributed by atoms with van der Waals surface area (Å²) in [6.07, 6.45) is 0.952. The molecule has 0 bridgehead atoms. The summed E-state index contributed by atoms with van der Waals surface area (Å²) in [4.78, 5) is 23.2. The lowest BCUT2D eigenvalue weighted by molar-refractivity contribution is -0.139. The highest BCUT2D eigenvalue weighted by Crippen LogP contribution is 2.40. The smallest absolute Gasteiger partial charge is 0.341 e. The van der Waals surface area contributed by atoms with E-state index in [0.29, 0.717) is 17.2 Å². The van der Waals surface area contributed by atoms with Gasteiger partial charge in [0.1, 0.15) is 5.75 Å². The predicted octanol–water partition coefficient (Wildman–Crippen LogP) is 3.05. The zero-order valence-corrected chi connectivity index (χ0v) is 14.3. The maximum Gasteiger partial charge on any atom is 0.341 e. The van der Waals surface area contributed by atoms with E-state index in [1.807, 2.05) is 32.0 Å². The summed E-state index contributed by atoms with van der Waals surface area (Å²) < 4.78 is 5.30. The van der Waals surface area contributed by atoms with Crippen LogP contribution in [0.2, 0.25) is 0 Å². The first-order valence-corrected chi connectivity index (χ1v) is 8.27. The Bertz CT molecular complexity index is 778. The van der Waals surface area contributed by atoms with Gasteiger partial charge in [0.15, 0.2) is 6.61 Å². The maximum absolute atomic E-state index is 12.5. The Morgan fingerprint density at radius 1 is 1.16 bits per heavy atom. The summed E-state index contributed by atoms with van der Waals surface area (Å²) >= 11 is 0. The number of nitrogens with one attached hydrogen (secondary N) is 1. The van der Waals surface area contributed by atoms with E-state index in [1.165, 1.54) is 5.56 Å². The van der Waals surface area contributed by atoms with Crippen molar-refractivity contribution in [2.45, 2.75) is 32.2 Å². The first kappa shape index (κ1) is 17.0. The molecule has 130 valence electrons. The fourth-order valence-electron chi connectivity index (χ4n) is 3.12. The highest BCUT2D eigenvalue weighted by molar-refractivity contribution is 5.95. The molecule has 3 rings (SSSR count). The van der Waals surface area contributed by atoms with Crippen LogP contribution >= 0.6 is 0 Å². The molecule has 1 aliphatic rings. The molecule has 0 saturated heterocycles. The molecule has 5 heteroatoms. The van der Waals surface area contributed by atoms with E-state index in [0.717, 1.165) is 17.5 Å². The van der Waals surface area contributed by atoms with Crippen LogP contribution in [0.5, 0.6) is 5.75 Å². The van der Waals surface area contributed by atoms with Crippen molar-refractivity contribution in [1.82, 2.24) is 5.32 Å². The minimum Gasteiger partial charge on any atom is -0.481 e. The van der Waals surface area contributed by atoms with Crippen molar-refractivity contribution in [2.75, 3.05) is 6.61 Å². The van der Waals surface area contributed by atoms with Crippen LogP contribution in [-0.2, 0) is 4.79 Å². The van der Waals surface area contributed by atoms with E-state index in [9.17, 15) is 9.59 Å². The van der Waals surface area contributed by atoms with E-state index < -0.39 is 12.6 Å². The molecule has 2 N–H and O–H groups in total. The lowest BCUT2D eigenvalue weighted by Crippen LogP contribution is -2.26. The number of carboxylic acid groups (broad SMARTS) is 1. The molecule has 0 spiro atoms. The Morgan fingerprint density at radius 2 is 1.80 bits per heavy atom. The lowest BCUT2D eigenvalue weighted by Gasteiger charge is -2.13. The molecular formula is C20H21NO4. The Morgan fingerprint density at radius 3 is 2.40 bits per heavy atom. The number of benzene rings is 2. The number of aliphatic carboxylic acids is 1. The number of aryl methyl sites for hydroxylation is 2. The van der Waals surface area contributed by atoms with Gasteiger partial charge in [-0.15, -0.1) is 0 Å². The van der Waals surface area contributed by atoms with E-state index in [1.54, 1.807) is 12.1 Å². The van der Waals surface area contributed by atoms with Crippen molar-refractivity contribution in [3.8, 4) is 5.75 Å². The SMILES string of the molecule is Cc1cc(C(=O)NC2CC2c2ccccc2)cc(C)c1OCC(=O)O. The molecule has 1 aliphatic carbocycles. The van der Waals surface area contributed by atoms with Gasteiger partial charge in [-0.05, 0) is 49.1 Å². The number of ether oxygens (including phenoxy) is 1. The van der Waals surface area contributed by atoms with Crippen LogP contribution in [0, 0.1) is 13.8 Å². The zero-order chi connectivity index (χ0) is 18.0. The van der Waals surface area contributed by atoms with Gasteiger partial charge in [0, 0.05) is 17.5 Å². The summed E-state index contributed by atoms with van der Waals surface area (Å²) in [5.74, 6) is -0.237. The molecule has 1 fully saturated rings. The molecule has 25 heavy (non-hydrogen) atoms. The van der Waals surface area contributed by atoms with Crippen molar-refractivity contribution in [1.29, 1.82) is 0 Å². The molecule has 0 radical (unpaired) electrons. The Kier molecular flexibility index (Phi) is 4.74. The van der Waals surface area contributed by atoms with Gasteiger partial charge in [0.2, 0.25) is 0 Å². The van der Waals surface area contributed by atoms with Crippen LogP contribution < -0.4 is 10.1 Å². The van der Waals surface area contributed by atoms with E-state index >= 15 is 0 Å². The highest BCUT2D eigenvalue weighted by atomic mass is 16.5. The summed E-state index contributed by atoms with van der Waals surface area (Å²) in [6.45, 7) is 3.23. The average molecular weight is 339 g/mol. The molecule has 2 aromatic carbocycles. The number of carbonyl (C=O) groups excluding carboxylic acids is 1. The van der Waals surface area contributed by atoms with Crippen LogP contribution in [0.4, 0.5) is 0 Å². The number of hydrogen-bond acceptors (Lipinski definition) is 3. The Balaban J connectivity index is 1.66. The monoisotopic (exact) mass is 339 g/mol.